The summed E-state index contributed by atoms with van der Waals surface area (Å²) >= 11 is 12.0. The number of benzene rings is 1. The maximum absolute atomic E-state index is 12.9. The highest BCUT2D eigenvalue weighted by atomic mass is 35.5. The molecule has 1 saturated heterocycles. The van der Waals surface area contributed by atoms with Gasteiger partial charge in [-0.05, 0) is 43.6 Å². The first-order chi connectivity index (χ1) is 7.65. The van der Waals surface area contributed by atoms with E-state index in [1.54, 1.807) is 6.07 Å². The highest BCUT2D eigenvalue weighted by Gasteiger charge is 2.17. The lowest BCUT2D eigenvalue weighted by molar-refractivity contribution is 0.223. The van der Waals surface area contributed by atoms with Crippen molar-refractivity contribution in [2.75, 3.05) is 13.1 Å². The van der Waals surface area contributed by atoms with Gasteiger partial charge in [0.05, 0.1) is 0 Å². The summed E-state index contributed by atoms with van der Waals surface area (Å²) in [7, 11) is 0. The van der Waals surface area contributed by atoms with Crippen molar-refractivity contribution < 1.29 is 4.39 Å². The van der Waals surface area contributed by atoms with Crippen molar-refractivity contribution in [3.63, 3.8) is 0 Å². The molecular formula is C12H14Cl2FN. The molecule has 1 aromatic carbocycles. The Kier molecular flexibility index (Phi) is 4.06. The van der Waals surface area contributed by atoms with E-state index in [0.29, 0.717) is 10.4 Å². The Bertz CT molecular complexity index is 362. The molecule has 0 unspecified atom stereocenters. The molecule has 2 rings (SSSR count). The van der Waals surface area contributed by atoms with E-state index in [9.17, 15) is 4.39 Å². The third-order valence-electron chi connectivity index (χ3n) is 2.93. The lowest BCUT2D eigenvalue weighted by Crippen LogP contribution is -2.33. The number of nitrogens with zero attached hydrogens (tertiary/aromatic N) is 1. The molecule has 0 bridgehead atoms. The second-order valence-corrected chi connectivity index (χ2v) is 5.21. The van der Waals surface area contributed by atoms with E-state index < -0.39 is 0 Å². The Morgan fingerprint density at radius 1 is 1.31 bits per heavy atom. The van der Waals surface area contributed by atoms with Gasteiger partial charge in [0, 0.05) is 16.9 Å². The molecule has 1 aliphatic heterocycles. The van der Waals surface area contributed by atoms with Gasteiger partial charge in [-0.3, -0.25) is 4.90 Å². The summed E-state index contributed by atoms with van der Waals surface area (Å²) in [6.07, 6.45) is 2.03. The van der Waals surface area contributed by atoms with E-state index >= 15 is 0 Å². The molecule has 4 heteroatoms. The van der Waals surface area contributed by atoms with Crippen LogP contribution in [0.3, 0.4) is 0 Å². The largest absolute Gasteiger partial charge is 0.299 e. The lowest BCUT2D eigenvalue weighted by Gasteiger charge is -2.29. The van der Waals surface area contributed by atoms with Crippen LogP contribution in [0, 0.1) is 5.82 Å². The molecule has 1 aromatic rings. The Balaban J connectivity index is 1.98. The average molecular weight is 262 g/mol. The molecule has 0 amide bonds. The van der Waals surface area contributed by atoms with Crippen LogP contribution in [0.4, 0.5) is 4.39 Å². The summed E-state index contributed by atoms with van der Waals surface area (Å²) in [4.78, 5) is 2.30. The van der Waals surface area contributed by atoms with Crippen molar-refractivity contribution in [2.24, 2.45) is 0 Å². The van der Waals surface area contributed by atoms with Gasteiger partial charge in [-0.25, -0.2) is 4.39 Å². The first-order valence-electron chi connectivity index (χ1n) is 5.45. The Morgan fingerprint density at radius 2 is 2.00 bits per heavy atom. The third-order valence-corrected chi connectivity index (χ3v) is 3.71. The molecule has 1 fully saturated rings. The third kappa shape index (κ3) is 3.09. The number of rotatable bonds is 2. The molecule has 0 aromatic heterocycles. The van der Waals surface area contributed by atoms with E-state index in [0.717, 1.165) is 38.0 Å². The van der Waals surface area contributed by atoms with E-state index in [1.807, 2.05) is 0 Å². The number of piperidine rings is 1. The van der Waals surface area contributed by atoms with Crippen LogP contribution in [-0.4, -0.2) is 23.4 Å². The summed E-state index contributed by atoms with van der Waals surface area (Å²) in [5.41, 5.74) is 0.982. The summed E-state index contributed by atoms with van der Waals surface area (Å²) in [5, 5.41) is 0.813. The number of hydrogen-bond acceptors (Lipinski definition) is 1. The van der Waals surface area contributed by atoms with Crippen LogP contribution in [0.25, 0.3) is 0 Å². The van der Waals surface area contributed by atoms with Crippen molar-refractivity contribution in [1.29, 1.82) is 0 Å². The summed E-state index contributed by atoms with van der Waals surface area (Å²) in [5.74, 6) is -0.284. The molecule has 0 aliphatic carbocycles. The predicted molar refractivity (Wildman–Crippen MR) is 65.6 cm³/mol. The zero-order chi connectivity index (χ0) is 11.5. The molecule has 0 spiro atoms. The SMILES string of the molecule is Fc1ccc(CN2CCC(Cl)CC2)c(Cl)c1. The van der Waals surface area contributed by atoms with Gasteiger partial charge in [0.15, 0.2) is 0 Å². The fourth-order valence-corrected chi connectivity index (χ4v) is 2.37. The number of alkyl halides is 1. The van der Waals surface area contributed by atoms with Crippen molar-refractivity contribution in [1.82, 2.24) is 4.90 Å². The first kappa shape index (κ1) is 12.2. The van der Waals surface area contributed by atoms with Crippen LogP contribution in [0.2, 0.25) is 5.02 Å². The summed E-state index contributed by atoms with van der Waals surface area (Å²) in [6, 6.07) is 4.57. The van der Waals surface area contributed by atoms with Gasteiger partial charge < -0.3 is 0 Å². The van der Waals surface area contributed by atoms with Crippen LogP contribution in [0.1, 0.15) is 18.4 Å². The predicted octanol–water partition coefficient (Wildman–Crippen LogP) is 3.68. The minimum Gasteiger partial charge on any atom is -0.299 e. The molecular weight excluding hydrogens is 248 g/mol. The molecule has 1 heterocycles. The van der Waals surface area contributed by atoms with Gasteiger partial charge in [0.1, 0.15) is 5.82 Å². The highest BCUT2D eigenvalue weighted by molar-refractivity contribution is 6.31. The van der Waals surface area contributed by atoms with Gasteiger partial charge in [-0.2, -0.15) is 0 Å². The van der Waals surface area contributed by atoms with Crippen LogP contribution < -0.4 is 0 Å². The molecule has 0 radical (unpaired) electrons. The quantitative estimate of drug-likeness (QED) is 0.735. The maximum atomic E-state index is 12.9. The Morgan fingerprint density at radius 3 is 2.62 bits per heavy atom. The number of hydrogen-bond donors (Lipinski definition) is 0. The van der Waals surface area contributed by atoms with Crippen LogP contribution >= 0.6 is 23.2 Å². The normalized spacial score (nSPS) is 18.9. The average Bonchev–Trinajstić information content (AvgIpc) is 2.25. The molecule has 88 valence electrons. The van der Waals surface area contributed by atoms with Gasteiger partial charge in [-0.1, -0.05) is 17.7 Å². The van der Waals surface area contributed by atoms with Gasteiger partial charge >= 0.3 is 0 Å². The number of halogens is 3. The zero-order valence-corrected chi connectivity index (χ0v) is 10.4. The Labute approximate surface area is 105 Å². The Hall–Kier alpha value is -0.310. The fraction of sp³-hybridized carbons (Fsp3) is 0.500. The summed E-state index contributed by atoms with van der Waals surface area (Å²) in [6.45, 7) is 2.76. The lowest BCUT2D eigenvalue weighted by atomic mass is 10.1. The topological polar surface area (TPSA) is 3.24 Å². The molecule has 0 atom stereocenters. The van der Waals surface area contributed by atoms with Crippen molar-refractivity contribution in [2.45, 2.75) is 24.8 Å². The first-order valence-corrected chi connectivity index (χ1v) is 6.27. The second-order valence-electron chi connectivity index (χ2n) is 4.19. The van der Waals surface area contributed by atoms with E-state index in [2.05, 4.69) is 4.90 Å². The molecule has 0 N–H and O–H groups in total. The smallest absolute Gasteiger partial charge is 0.124 e. The van der Waals surface area contributed by atoms with Gasteiger partial charge in [-0.15, -0.1) is 11.6 Å². The van der Waals surface area contributed by atoms with Crippen molar-refractivity contribution in [3.8, 4) is 0 Å². The van der Waals surface area contributed by atoms with E-state index in [4.69, 9.17) is 23.2 Å². The van der Waals surface area contributed by atoms with Crippen molar-refractivity contribution in [3.05, 3.63) is 34.6 Å². The highest BCUT2D eigenvalue weighted by Crippen LogP contribution is 2.22. The van der Waals surface area contributed by atoms with Gasteiger partial charge in [0.2, 0.25) is 0 Å². The molecule has 1 nitrogen and oxygen atoms in total. The standard InChI is InChI=1S/C12H14Cl2FN/c13-10-3-5-16(6-4-10)8-9-1-2-11(15)7-12(9)14/h1-2,7,10H,3-6,8H2. The van der Waals surface area contributed by atoms with E-state index in [1.165, 1.54) is 12.1 Å². The van der Waals surface area contributed by atoms with Crippen molar-refractivity contribution >= 4 is 23.2 Å². The number of likely N-dealkylation sites (tertiary alicyclic amines) is 1. The fourth-order valence-electron chi connectivity index (χ4n) is 1.95. The minimum atomic E-state index is -0.284. The minimum absolute atomic E-state index is 0.284. The molecule has 0 saturated carbocycles. The monoisotopic (exact) mass is 261 g/mol. The summed E-state index contributed by atoms with van der Waals surface area (Å²) < 4.78 is 12.9. The molecule has 16 heavy (non-hydrogen) atoms. The zero-order valence-electron chi connectivity index (χ0n) is 8.93. The van der Waals surface area contributed by atoms with Crippen LogP contribution in [-0.2, 0) is 6.54 Å². The van der Waals surface area contributed by atoms with Crippen LogP contribution in [0.5, 0.6) is 0 Å². The second kappa shape index (κ2) is 5.35. The maximum Gasteiger partial charge on any atom is 0.124 e. The molecule has 1 aliphatic rings. The van der Waals surface area contributed by atoms with E-state index in [-0.39, 0.29) is 5.82 Å². The van der Waals surface area contributed by atoms with Gasteiger partial charge in [0.25, 0.3) is 0 Å². The van der Waals surface area contributed by atoms with Crippen LogP contribution in [0.15, 0.2) is 18.2 Å².